The Hall–Kier alpha value is -1.69. The molecule has 0 aliphatic carbocycles. The molecule has 0 aromatic carbocycles. The number of fused-ring (bicyclic) bond motifs is 1. The lowest BCUT2D eigenvalue weighted by molar-refractivity contribution is 0.0692. The van der Waals surface area contributed by atoms with Crippen LogP contribution in [0.25, 0.3) is 10.2 Å². The molecule has 112 valence electrons. The molecule has 0 spiro atoms. The minimum atomic E-state index is 0.0467. The quantitative estimate of drug-likeness (QED) is 0.946. The maximum atomic E-state index is 12.7. The number of nitrogens with zero attached hydrogens (tertiary/aromatic N) is 3. The van der Waals surface area contributed by atoms with Gasteiger partial charge in [0.05, 0.1) is 11.9 Å². The summed E-state index contributed by atoms with van der Waals surface area (Å²) in [6.07, 6.45) is 6.30. The highest BCUT2D eigenvalue weighted by atomic mass is 32.1. The number of aromatic nitrogens is 2. The number of carbonyl (C=O) groups is 1. The summed E-state index contributed by atoms with van der Waals surface area (Å²) < 4.78 is 0. The van der Waals surface area contributed by atoms with Gasteiger partial charge in [-0.15, -0.1) is 16.4 Å². The van der Waals surface area contributed by atoms with E-state index < -0.39 is 0 Å². The van der Waals surface area contributed by atoms with Gasteiger partial charge in [0.1, 0.15) is 9.71 Å². The summed E-state index contributed by atoms with van der Waals surface area (Å²) in [4.78, 5) is 15.9. The van der Waals surface area contributed by atoms with Crippen molar-refractivity contribution in [1.82, 2.24) is 15.1 Å². The standard InChI is InChI=1S/C15H20N4OS/c1-2-3-10-5-8-19(9-6-10)15(20)13-12(16)11-4-7-17-18-14(11)21-13/h4,7,10H,2-3,5-6,8-9,16H2,1H3. The van der Waals surface area contributed by atoms with Gasteiger partial charge in [-0.2, -0.15) is 5.10 Å². The van der Waals surface area contributed by atoms with Crippen molar-refractivity contribution in [3.63, 3.8) is 0 Å². The van der Waals surface area contributed by atoms with E-state index in [4.69, 9.17) is 5.73 Å². The normalized spacial score (nSPS) is 16.5. The van der Waals surface area contributed by atoms with Crippen molar-refractivity contribution >= 4 is 33.1 Å². The van der Waals surface area contributed by atoms with Crippen molar-refractivity contribution < 1.29 is 4.79 Å². The van der Waals surface area contributed by atoms with Crippen LogP contribution in [0.2, 0.25) is 0 Å². The summed E-state index contributed by atoms with van der Waals surface area (Å²) in [7, 11) is 0. The molecule has 1 aliphatic heterocycles. The second-order valence-electron chi connectivity index (χ2n) is 5.62. The number of thiophene rings is 1. The number of rotatable bonds is 3. The molecular formula is C15H20N4OS. The van der Waals surface area contributed by atoms with Gasteiger partial charge in [-0.25, -0.2) is 0 Å². The van der Waals surface area contributed by atoms with Crippen molar-refractivity contribution in [2.45, 2.75) is 32.6 Å². The van der Waals surface area contributed by atoms with Crippen molar-refractivity contribution in [1.29, 1.82) is 0 Å². The molecule has 0 radical (unpaired) electrons. The highest BCUT2D eigenvalue weighted by Crippen LogP contribution is 2.33. The molecule has 1 amide bonds. The number of hydrogen-bond donors (Lipinski definition) is 1. The van der Waals surface area contributed by atoms with Crippen molar-refractivity contribution in [3.05, 3.63) is 17.1 Å². The third-order valence-electron chi connectivity index (χ3n) is 4.21. The molecule has 1 fully saturated rings. The summed E-state index contributed by atoms with van der Waals surface area (Å²) in [5.41, 5.74) is 6.66. The van der Waals surface area contributed by atoms with Gasteiger partial charge >= 0.3 is 0 Å². The van der Waals surface area contributed by atoms with E-state index in [2.05, 4.69) is 17.1 Å². The van der Waals surface area contributed by atoms with Crippen LogP contribution in [-0.2, 0) is 0 Å². The van der Waals surface area contributed by atoms with E-state index in [-0.39, 0.29) is 5.91 Å². The molecule has 3 rings (SSSR count). The van der Waals surface area contributed by atoms with E-state index in [9.17, 15) is 4.79 Å². The highest BCUT2D eigenvalue weighted by molar-refractivity contribution is 7.21. The molecule has 0 bridgehead atoms. The number of hydrogen-bond acceptors (Lipinski definition) is 5. The van der Waals surface area contributed by atoms with Gasteiger partial charge in [-0.05, 0) is 24.8 Å². The van der Waals surface area contributed by atoms with E-state index >= 15 is 0 Å². The topological polar surface area (TPSA) is 72.1 Å². The van der Waals surface area contributed by atoms with Crippen LogP contribution in [0.5, 0.6) is 0 Å². The molecule has 0 saturated carbocycles. The smallest absolute Gasteiger partial charge is 0.266 e. The van der Waals surface area contributed by atoms with E-state index in [1.165, 1.54) is 24.2 Å². The van der Waals surface area contributed by atoms with Gasteiger partial charge in [-0.3, -0.25) is 4.79 Å². The Kier molecular flexibility index (Phi) is 4.05. The molecule has 3 heterocycles. The third kappa shape index (κ3) is 2.72. The van der Waals surface area contributed by atoms with Gasteiger partial charge in [-0.1, -0.05) is 19.8 Å². The number of carbonyl (C=O) groups excluding carboxylic acids is 1. The first-order valence-electron chi connectivity index (χ1n) is 7.49. The molecule has 2 aromatic rings. The number of nitrogens with two attached hydrogens (primary N) is 1. The van der Waals surface area contributed by atoms with E-state index in [0.29, 0.717) is 10.6 Å². The lowest BCUT2D eigenvalue weighted by atomic mass is 9.92. The molecule has 2 aromatic heterocycles. The molecule has 0 unspecified atom stereocenters. The summed E-state index contributed by atoms with van der Waals surface area (Å²) in [6, 6.07) is 1.82. The number of piperidine rings is 1. The number of anilines is 1. The first kappa shape index (κ1) is 14.3. The largest absolute Gasteiger partial charge is 0.397 e. The fourth-order valence-corrected chi connectivity index (χ4v) is 4.01. The summed E-state index contributed by atoms with van der Waals surface area (Å²) in [6.45, 7) is 3.89. The predicted molar refractivity (Wildman–Crippen MR) is 85.4 cm³/mol. The van der Waals surface area contributed by atoms with Crippen molar-refractivity contribution in [3.8, 4) is 0 Å². The average Bonchev–Trinajstić information content (AvgIpc) is 2.85. The average molecular weight is 304 g/mol. The summed E-state index contributed by atoms with van der Waals surface area (Å²) in [5.74, 6) is 0.815. The van der Waals surface area contributed by atoms with Gasteiger partial charge in [0.25, 0.3) is 5.91 Å². The molecule has 5 nitrogen and oxygen atoms in total. The Labute approximate surface area is 128 Å². The van der Waals surface area contributed by atoms with E-state index in [0.717, 1.165) is 42.1 Å². The SMILES string of the molecule is CCCC1CCN(C(=O)c2sc3nnccc3c2N)CC1. The number of amides is 1. The zero-order valence-electron chi connectivity index (χ0n) is 12.2. The van der Waals surface area contributed by atoms with Crippen LogP contribution in [-0.4, -0.2) is 34.1 Å². The Morgan fingerprint density at radius 3 is 2.90 bits per heavy atom. The van der Waals surface area contributed by atoms with Gasteiger partial charge in [0.15, 0.2) is 0 Å². The van der Waals surface area contributed by atoms with Crippen LogP contribution < -0.4 is 5.73 Å². The Balaban J connectivity index is 1.77. The van der Waals surface area contributed by atoms with E-state index in [1.54, 1.807) is 6.20 Å². The maximum Gasteiger partial charge on any atom is 0.266 e. The first-order chi connectivity index (χ1) is 10.2. The first-order valence-corrected chi connectivity index (χ1v) is 8.31. The lowest BCUT2D eigenvalue weighted by Crippen LogP contribution is -2.38. The molecule has 1 saturated heterocycles. The van der Waals surface area contributed by atoms with Crippen LogP contribution >= 0.6 is 11.3 Å². The van der Waals surface area contributed by atoms with Crippen LogP contribution in [0.15, 0.2) is 12.3 Å². The van der Waals surface area contributed by atoms with E-state index in [1.807, 2.05) is 11.0 Å². The fraction of sp³-hybridized carbons (Fsp3) is 0.533. The lowest BCUT2D eigenvalue weighted by Gasteiger charge is -2.31. The molecule has 0 atom stereocenters. The van der Waals surface area contributed by atoms with Crippen LogP contribution in [0.1, 0.15) is 42.3 Å². The zero-order valence-corrected chi connectivity index (χ0v) is 13.0. The van der Waals surface area contributed by atoms with Gasteiger partial charge < -0.3 is 10.6 Å². The predicted octanol–water partition coefficient (Wildman–Crippen LogP) is 2.93. The van der Waals surface area contributed by atoms with Crippen molar-refractivity contribution in [2.24, 2.45) is 5.92 Å². The minimum Gasteiger partial charge on any atom is -0.397 e. The zero-order chi connectivity index (χ0) is 14.8. The monoisotopic (exact) mass is 304 g/mol. The second-order valence-corrected chi connectivity index (χ2v) is 6.62. The van der Waals surface area contributed by atoms with Crippen LogP contribution in [0.4, 0.5) is 5.69 Å². The molecular weight excluding hydrogens is 284 g/mol. The second kappa shape index (κ2) is 5.97. The van der Waals surface area contributed by atoms with Crippen LogP contribution in [0.3, 0.4) is 0 Å². The van der Waals surface area contributed by atoms with Gasteiger partial charge in [0, 0.05) is 18.5 Å². The maximum absolute atomic E-state index is 12.7. The number of likely N-dealkylation sites (tertiary alicyclic amines) is 1. The Morgan fingerprint density at radius 2 is 2.24 bits per heavy atom. The Morgan fingerprint density at radius 1 is 1.48 bits per heavy atom. The van der Waals surface area contributed by atoms with Crippen LogP contribution in [0, 0.1) is 5.92 Å². The molecule has 6 heteroatoms. The summed E-state index contributed by atoms with van der Waals surface area (Å²) in [5, 5.41) is 8.73. The summed E-state index contributed by atoms with van der Waals surface area (Å²) >= 11 is 1.35. The highest BCUT2D eigenvalue weighted by Gasteiger charge is 2.26. The van der Waals surface area contributed by atoms with Gasteiger partial charge in [0.2, 0.25) is 0 Å². The molecule has 2 N–H and O–H groups in total. The van der Waals surface area contributed by atoms with Crippen molar-refractivity contribution in [2.75, 3.05) is 18.8 Å². The fourth-order valence-electron chi connectivity index (χ4n) is 3.01. The Bertz CT molecular complexity index is 646. The number of nitrogen functional groups attached to an aromatic ring is 1. The molecule has 1 aliphatic rings. The molecule has 21 heavy (non-hydrogen) atoms. The minimum absolute atomic E-state index is 0.0467. The third-order valence-corrected chi connectivity index (χ3v) is 5.31.